The molecular weight excluding hydrogens is 436 g/mol. The van der Waals surface area contributed by atoms with Gasteiger partial charge in [0.05, 0.1) is 24.3 Å². The van der Waals surface area contributed by atoms with Crippen LogP contribution in [0.4, 0.5) is 0 Å². The summed E-state index contributed by atoms with van der Waals surface area (Å²) in [5.74, 6) is -1.35. The van der Waals surface area contributed by atoms with Crippen LogP contribution in [0.2, 0.25) is 0 Å². The van der Waals surface area contributed by atoms with Crippen LogP contribution in [0.15, 0.2) is 48.0 Å². The molecule has 2 aromatic rings. The summed E-state index contributed by atoms with van der Waals surface area (Å²) in [5.41, 5.74) is 2.40. The number of carbonyl (C=O) groups is 3. The van der Waals surface area contributed by atoms with E-state index in [-0.39, 0.29) is 17.4 Å². The largest absolute Gasteiger partial charge is 0.507 e. The summed E-state index contributed by atoms with van der Waals surface area (Å²) in [4.78, 5) is 41.4. The van der Waals surface area contributed by atoms with Crippen LogP contribution in [0.25, 0.3) is 5.76 Å². The molecule has 2 aliphatic heterocycles. The lowest BCUT2D eigenvalue weighted by molar-refractivity contribution is -0.140. The zero-order valence-corrected chi connectivity index (χ0v) is 19.7. The quantitative estimate of drug-likeness (QED) is 0.304. The number of likely N-dealkylation sites (tertiary alicyclic amines) is 1. The summed E-state index contributed by atoms with van der Waals surface area (Å²) >= 11 is 0. The number of aliphatic hydroxyl groups excluding tert-OH is 1. The Morgan fingerprint density at radius 2 is 1.82 bits per heavy atom. The first-order chi connectivity index (χ1) is 16.2. The summed E-state index contributed by atoms with van der Waals surface area (Å²) in [6.07, 6.45) is 0.740. The Labute approximate surface area is 198 Å². The molecular formula is C26H28N2O6. The Morgan fingerprint density at radius 3 is 2.47 bits per heavy atom. The molecule has 2 heterocycles. The minimum Gasteiger partial charge on any atom is -0.507 e. The highest BCUT2D eigenvalue weighted by Gasteiger charge is 2.46. The number of benzene rings is 2. The maximum atomic E-state index is 13.1. The minimum atomic E-state index is -0.782. The number of ether oxygens (including phenoxy) is 2. The Kier molecular flexibility index (Phi) is 6.43. The molecule has 34 heavy (non-hydrogen) atoms. The molecule has 178 valence electrons. The van der Waals surface area contributed by atoms with Crippen molar-refractivity contribution in [2.24, 2.45) is 0 Å². The molecule has 8 nitrogen and oxygen atoms in total. The van der Waals surface area contributed by atoms with Crippen molar-refractivity contribution < 1.29 is 29.0 Å². The van der Waals surface area contributed by atoms with Gasteiger partial charge in [0.2, 0.25) is 0 Å². The van der Waals surface area contributed by atoms with E-state index in [0.29, 0.717) is 36.2 Å². The number of carbonyl (C=O) groups excluding carboxylic acids is 3. The average molecular weight is 465 g/mol. The average Bonchev–Trinajstić information content (AvgIpc) is 3.32. The maximum Gasteiger partial charge on any atom is 0.337 e. The van der Waals surface area contributed by atoms with Crippen LogP contribution in [0.3, 0.4) is 0 Å². The van der Waals surface area contributed by atoms with Crippen LogP contribution in [-0.4, -0.2) is 73.0 Å². The summed E-state index contributed by atoms with van der Waals surface area (Å²) in [7, 11) is 5.06. The highest BCUT2D eigenvalue weighted by Crippen LogP contribution is 2.40. The Balaban J connectivity index is 1.80. The van der Waals surface area contributed by atoms with E-state index >= 15 is 0 Å². The molecule has 0 bridgehead atoms. The van der Waals surface area contributed by atoms with Crippen molar-refractivity contribution in [1.82, 2.24) is 9.80 Å². The van der Waals surface area contributed by atoms with Crippen molar-refractivity contribution in [2.45, 2.75) is 25.5 Å². The van der Waals surface area contributed by atoms with Gasteiger partial charge in [-0.25, -0.2) is 4.79 Å². The zero-order chi connectivity index (χ0) is 24.6. The summed E-state index contributed by atoms with van der Waals surface area (Å²) in [5, 5.41) is 11.3. The van der Waals surface area contributed by atoms with Gasteiger partial charge in [0.25, 0.3) is 11.7 Å². The molecule has 0 radical (unpaired) electrons. The second kappa shape index (κ2) is 9.30. The SMILES string of the molecule is COC(=O)c1ccc([C@H]2C(=C(O)c3ccc4c(c3)C[C@H](C)O4)C(=O)C(=O)N2CCN(C)C)cc1. The number of hydrogen-bond acceptors (Lipinski definition) is 7. The predicted octanol–water partition coefficient (Wildman–Crippen LogP) is 2.78. The van der Waals surface area contributed by atoms with Gasteiger partial charge in [-0.15, -0.1) is 0 Å². The summed E-state index contributed by atoms with van der Waals surface area (Å²) < 4.78 is 10.5. The number of likely N-dealkylation sites (N-methyl/N-ethyl adjacent to an activating group) is 1. The molecule has 2 atom stereocenters. The number of aliphatic hydroxyl groups is 1. The Hall–Kier alpha value is -3.65. The molecule has 0 spiro atoms. The van der Waals surface area contributed by atoms with E-state index < -0.39 is 23.7 Å². The fourth-order valence-corrected chi connectivity index (χ4v) is 4.41. The van der Waals surface area contributed by atoms with Crippen LogP contribution in [0, 0.1) is 0 Å². The lowest BCUT2D eigenvalue weighted by Crippen LogP contribution is -2.35. The number of esters is 1. The van der Waals surface area contributed by atoms with Crippen LogP contribution < -0.4 is 4.74 Å². The van der Waals surface area contributed by atoms with Crippen molar-refractivity contribution in [2.75, 3.05) is 34.3 Å². The Morgan fingerprint density at radius 1 is 1.15 bits per heavy atom. The van der Waals surface area contributed by atoms with Crippen LogP contribution >= 0.6 is 0 Å². The van der Waals surface area contributed by atoms with E-state index in [0.717, 1.165) is 11.3 Å². The fourth-order valence-electron chi connectivity index (χ4n) is 4.41. The monoisotopic (exact) mass is 464 g/mol. The van der Waals surface area contributed by atoms with Gasteiger partial charge in [-0.1, -0.05) is 12.1 Å². The van der Waals surface area contributed by atoms with Crippen molar-refractivity contribution in [1.29, 1.82) is 0 Å². The number of Topliss-reactive ketones (excluding diaryl/α,β-unsaturated/α-hetero) is 1. The van der Waals surface area contributed by atoms with Crippen LogP contribution in [0.1, 0.15) is 40.0 Å². The second-order valence-electron chi connectivity index (χ2n) is 8.86. The van der Waals surface area contributed by atoms with E-state index in [2.05, 4.69) is 0 Å². The maximum absolute atomic E-state index is 13.1. The van der Waals surface area contributed by atoms with E-state index in [1.807, 2.05) is 25.9 Å². The third-order valence-electron chi connectivity index (χ3n) is 6.15. The molecule has 1 N–H and O–H groups in total. The van der Waals surface area contributed by atoms with Gasteiger partial charge in [0, 0.05) is 25.1 Å². The topological polar surface area (TPSA) is 96.4 Å². The predicted molar refractivity (Wildman–Crippen MR) is 126 cm³/mol. The van der Waals surface area contributed by atoms with Gasteiger partial charge in [-0.05, 0) is 62.5 Å². The third kappa shape index (κ3) is 4.28. The number of ketones is 1. The van der Waals surface area contributed by atoms with Crippen molar-refractivity contribution in [3.8, 4) is 5.75 Å². The molecule has 0 aliphatic carbocycles. The molecule has 0 aromatic heterocycles. The molecule has 8 heteroatoms. The highest BCUT2D eigenvalue weighted by atomic mass is 16.5. The molecule has 4 rings (SSSR count). The van der Waals surface area contributed by atoms with Crippen LogP contribution in [0.5, 0.6) is 5.75 Å². The van der Waals surface area contributed by atoms with Crippen LogP contribution in [-0.2, 0) is 20.7 Å². The molecule has 1 amide bonds. The Bertz CT molecular complexity index is 1170. The number of amides is 1. The van der Waals surface area contributed by atoms with Gasteiger partial charge in [0.15, 0.2) is 0 Å². The lowest BCUT2D eigenvalue weighted by atomic mass is 9.94. The standard InChI is InChI=1S/C26H28N2O6/c1-15-13-19-14-18(9-10-20(19)34-15)23(29)21-22(16-5-7-17(8-6-16)26(32)33-4)28(12-11-27(2)3)25(31)24(21)30/h5-10,14-15,22,29H,11-13H2,1-4H3/t15-,22-/m0/s1. The lowest BCUT2D eigenvalue weighted by Gasteiger charge is -2.26. The second-order valence-corrected chi connectivity index (χ2v) is 8.86. The summed E-state index contributed by atoms with van der Waals surface area (Å²) in [6, 6.07) is 11.0. The van der Waals surface area contributed by atoms with Gasteiger partial charge in [-0.2, -0.15) is 0 Å². The zero-order valence-electron chi connectivity index (χ0n) is 19.7. The molecule has 0 unspecified atom stereocenters. The van der Waals surface area contributed by atoms with E-state index in [4.69, 9.17) is 9.47 Å². The molecule has 1 fully saturated rings. The van der Waals surface area contributed by atoms with Crippen molar-refractivity contribution in [3.05, 3.63) is 70.3 Å². The first kappa shape index (κ1) is 23.5. The normalized spacial score (nSPS) is 21.0. The van der Waals surface area contributed by atoms with Gasteiger partial charge in [-0.3, -0.25) is 9.59 Å². The molecule has 2 aromatic carbocycles. The minimum absolute atomic E-state index is 0.0292. The molecule has 2 aliphatic rings. The van der Waals surface area contributed by atoms with Gasteiger partial charge >= 0.3 is 5.97 Å². The number of hydrogen-bond donors (Lipinski definition) is 1. The first-order valence-corrected chi connectivity index (χ1v) is 11.1. The number of methoxy groups -OCH3 is 1. The number of fused-ring (bicyclic) bond motifs is 1. The smallest absolute Gasteiger partial charge is 0.337 e. The molecule has 1 saturated heterocycles. The molecule has 0 saturated carbocycles. The fraction of sp³-hybridized carbons (Fsp3) is 0.346. The van der Waals surface area contributed by atoms with Crippen molar-refractivity contribution in [3.63, 3.8) is 0 Å². The highest BCUT2D eigenvalue weighted by molar-refractivity contribution is 6.46. The van der Waals surface area contributed by atoms with E-state index in [1.165, 1.54) is 12.0 Å². The third-order valence-corrected chi connectivity index (χ3v) is 6.15. The van der Waals surface area contributed by atoms with Gasteiger partial charge < -0.3 is 24.4 Å². The van der Waals surface area contributed by atoms with E-state index in [9.17, 15) is 19.5 Å². The number of rotatable bonds is 6. The van der Waals surface area contributed by atoms with Gasteiger partial charge in [0.1, 0.15) is 17.6 Å². The van der Waals surface area contributed by atoms with Crippen molar-refractivity contribution >= 4 is 23.4 Å². The number of nitrogens with zero attached hydrogens (tertiary/aromatic N) is 2. The summed E-state index contributed by atoms with van der Waals surface area (Å²) in [6.45, 7) is 2.80. The van der Waals surface area contributed by atoms with E-state index in [1.54, 1.807) is 42.5 Å². The first-order valence-electron chi connectivity index (χ1n) is 11.1.